The van der Waals surface area contributed by atoms with E-state index >= 15 is 0 Å². The van der Waals surface area contributed by atoms with Crippen LogP contribution in [0.3, 0.4) is 0 Å². The molecule has 0 aromatic rings. The number of allylic oxidation sites excluding steroid dienone is 1. The molecule has 0 radical (unpaired) electrons. The van der Waals surface area contributed by atoms with Gasteiger partial charge in [0.05, 0.1) is 6.10 Å². The number of carbonyl (C=O) groups excluding carboxylic acids is 1. The summed E-state index contributed by atoms with van der Waals surface area (Å²) in [5.41, 5.74) is 0. The largest absolute Gasteiger partial charge is 0.509 e. The summed E-state index contributed by atoms with van der Waals surface area (Å²) in [6, 6.07) is 0. The second kappa shape index (κ2) is 6.60. The zero-order chi connectivity index (χ0) is 11.1. The molecule has 0 saturated carbocycles. The van der Waals surface area contributed by atoms with Crippen molar-refractivity contribution in [3.63, 3.8) is 0 Å². The topological polar surface area (TPSA) is 46.5 Å². The van der Waals surface area contributed by atoms with Crippen molar-refractivity contribution in [2.45, 2.75) is 52.7 Å². The number of carbonyl (C=O) groups is 1. The summed E-state index contributed by atoms with van der Waals surface area (Å²) in [6.07, 6.45) is 2.16. The van der Waals surface area contributed by atoms with Crippen molar-refractivity contribution in [2.24, 2.45) is 0 Å². The molecule has 0 amide bonds. The Morgan fingerprint density at radius 2 is 2.00 bits per heavy atom. The van der Waals surface area contributed by atoms with E-state index in [-0.39, 0.29) is 17.6 Å². The lowest BCUT2D eigenvalue weighted by atomic mass is 10.2. The Hall–Kier alpha value is -0.830. The number of ether oxygens (including phenoxy) is 1. The fourth-order valence-electron chi connectivity index (χ4n) is 1.08. The molecule has 0 bridgehead atoms. The van der Waals surface area contributed by atoms with Gasteiger partial charge in [-0.05, 0) is 27.2 Å². The third kappa shape index (κ3) is 5.75. The zero-order valence-corrected chi connectivity index (χ0v) is 9.41. The fraction of sp³-hybridized carbons (Fsp3) is 0.727. The van der Waals surface area contributed by atoms with Crippen LogP contribution in [-0.2, 0) is 9.53 Å². The van der Waals surface area contributed by atoms with Gasteiger partial charge < -0.3 is 9.84 Å². The normalized spacial score (nSPS) is 14.5. The molecule has 0 saturated heterocycles. The molecule has 0 aromatic heterocycles. The lowest BCUT2D eigenvalue weighted by Crippen LogP contribution is -2.17. The highest BCUT2D eigenvalue weighted by atomic mass is 16.5. The second-order valence-electron chi connectivity index (χ2n) is 3.61. The van der Waals surface area contributed by atoms with Gasteiger partial charge in [-0.2, -0.15) is 0 Å². The Morgan fingerprint density at radius 1 is 1.43 bits per heavy atom. The molecule has 3 nitrogen and oxygen atoms in total. The lowest BCUT2D eigenvalue weighted by molar-refractivity contribution is -0.114. The van der Waals surface area contributed by atoms with Crippen molar-refractivity contribution in [3.05, 3.63) is 11.8 Å². The Labute approximate surface area is 85.8 Å². The van der Waals surface area contributed by atoms with Gasteiger partial charge in [0.1, 0.15) is 11.9 Å². The van der Waals surface area contributed by atoms with Gasteiger partial charge in [-0.3, -0.25) is 4.79 Å². The second-order valence-corrected chi connectivity index (χ2v) is 3.61. The summed E-state index contributed by atoms with van der Waals surface area (Å²) in [5, 5.41) is 9.48. The first kappa shape index (κ1) is 13.2. The third-order valence-corrected chi connectivity index (χ3v) is 1.70. The van der Waals surface area contributed by atoms with Gasteiger partial charge in [0.25, 0.3) is 0 Å². The summed E-state index contributed by atoms with van der Waals surface area (Å²) in [5.74, 6) is -0.0404. The van der Waals surface area contributed by atoms with Gasteiger partial charge in [0.15, 0.2) is 5.78 Å². The predicted octanol–water partition coefficient (Wildman–Crippen LogP) is 2.61. The third-order valence-electron chi connectivity index (χ3n) is 1.70. The van der Waals surface area contributed by atoms with Crippen molar-refractivity contribution in [2.75, 3.05) is 0 Å². The Kier molecular flexibility index (Phi) is 6.21. The summed E-state index contributed by atoms with van der Waals surface area (Å²) in [7, 11) is 0. The molecule has 1 atom stereocenters. The molecule has 0 aliphatic heterocycles. The first-order valence-electron chi connectivity index (χ1n) is 5.06. The van der Waals surface area contributed by atoms with Crippen molar-refractivity contribution in [1.82, 2.24) is 0 Å². The first-order chi connectivity index (χ1) is 6.47. The molecule has 0 aliphatic carbocycles. The lowest BCUT2D eigenvalue weighted by Gasteiger charge is -2.14. The highest BCUT2D eigenvalue weighted by Crippen LogP contribution is 2.07. The minimum atomic E-state index is -0.407. The highest BCUT2D eigenvalue weighted by molar-refractivity contribution is 5.89. The van der Waals surface area contributed by atoms with E-state index in [1.54, 1.807) is 6.92 Å². The molecule has 1 N–H and O–H groups in total. The van der Waals surface area contributed by atoms with E-state index in [0.29, 0.717) is 6.42 Å². The van der Waals surface area contributed by atoms with Crippen LogP contribution in [0.1, 0.15) is 40.5 Å². The number of aliphatic hydroxyl groups is 1. The number of ketones is 1. The van der Waals surface area contributed by atoms with E-state index < -0.39 is 6.10 Å². The van der Waals surface area contributed by atoms with Crippen molar-refractivity contribution in [3.8, 4) is 0 Å². The van der Waals surface area contributed by atoms with E-state index in [0.717, 1.165) is 6.42 Å². The molecule has 0 aromatic carbocycles. The standard InChI is InChI=1S/C11H20O3/c1-5-6-10(12)7-11(13)9(4)14-8(2)3/h7-9,13H,5-6H2,1-4H3/b11-7-. The number of rotatable bonds is 6. The minimum Gasteiger partial charge on any atom is -0.509 e. The smallest absolute Gasteiger partial charge is 0.159 e. The molecule has 0 heterocycles. The fourth-order valence-corrected chi connectivity index (χ4v) is 1.08. The van der Waals surface area contributed by atoms with Crippen LogP contribution in [0.5, 0.6) is 0 Å². The van der Waals surface area contributed by atoms with Crippen molar-refractivity contribution in [1.29, 1.82) is 0 Å². The van der Waals surface area contributed by atoms with Gasteiger partial charge in [-0.15, -0.1) is 0 Å². The van der Waals surface area contributed by atoms with E-state index in [1.807, 2.05) is 20.8 Å². The first-order valence-corrected chi connectivity index (χ1v) is 5.06. The summed E-state index contributed by atoms with van der Waals surface area (Å²) < 4.78 is 5.32. The maximum atomic E-state index is 11.2. The van der Waals surface area contributed by atoms with Gasteiger partial charge in [-0.1, -0.05) is 6.92 Å². The van der Waals surface area contributed by atoms with Crippen molar-refractivity contribution >= 4 is 5.78 Å². The average molecular weight is 200 g/mol. The summed E-state index contributed by atoms with van der Waals surface area (Å²) in [4.78, 5) is 11.2. The molecule has 0 aliphatic rings. The van der Waals surface area contributed by atoms with E-state index in [9.17, 15) is 9.90 Å². The Bertz CT molecular complexity index is 207. The molecule has 0 fully saturated rings. The number of aliphatic hydroxyl groups excluding tert-OH is 1. The van der Waals surface area contributed by atoms with Crippen LogP contribution in [0.25, 0.3) is 0 Å². The average Bonchev–Trinajstić information content (AvgIpc) is 2.02. The van der Waals surface area contributed by atoms with Crippen LogP contribution >= 0.6 is 0 Å². The van der Waals surface area contributed by atoms with Crippen LogP contribution in [-0.4, -0.2) is 23.1 Å². The number of hydrogen-bond donors (Lipinski definition) is 1. The summed E-state index contributed by atoms with van der Waals surface area (Å²) in [6.45, 7) is 7.43. The molecule has 0 rings (SSSR count). The van der Waals surface area contributed by atoms with Crippen LogP contribution in [0.15, 0.2) is 11.8 Å². The molecular formula is C11H20O3. The van der Waals surface area contributed by atoms with E-state index in [4.69, 9.17) is 4.74 Å². The Morgan fingerprint density at radius 3 is 2.43 bits per heavy atom. The minimum absolute atomic E-state index is 0.0113. The quantitative estimate of drug-likeness (QED) is 0.529. The molecule has 14 heavy (non-hydrogen) atoms. The van der Waals surface area contributed by atoms with E-state index in [1.165, 1.54) is 6.08 Å². The van der Waals surface area contributed by atoms with Gasteiger partial charge >= 0.3 is 0 Å². The predicted molar refractivity (Wildman–Crippen MR) is 56.3 cm³/mol. The van der Waals surface area contributed by atoms with Crippen LogP contribution < -0.4 is 0 Å². The van der Waals surface area contributed by atoms with Crippen LogP contribution in [0.4, 0.5) is 0 Å². The maximum absolute atomic E-state index is 11.2. The van der Waals surface area contributed by atoms with Crippen LogP contribution in [0, 0.1) is 0 Å². The Balaban J connectivity index is 4.15. The van der Waals surface area contributed by atoms with E-state index in [2.05, 4.69) is 0 Å². The van der Waals surface area contributed by atoms with Gasteiger partial charge in [0.2, 0.25) is 0 Å². The van der Waals surface area contributed by atoms with Crippen molar-refractivity contribution < 1.29 is 14.6 Å². The molecule has 1 unspecified atom stereocenters. The number of hydrogen-bond acceptors (Lipinski definition) is 3. The molecule has 0 spiro atoms. The zero-order valence-electron chi connectivity index (χ0n) is 9.41. The van der Waals surface area contributed by atoms with Crippen LogP contribution in [0.2, 0.25) is 0 Å². The highest BCUT2D eigenvalue weighted by Gasteiger charge is 2.10. The monoisotopic (exact) mass is 200 g/mol. The summed E-state index contributed by atoms with van der Waals surface area (Å²) >= 11 is 0. The molecule has 3 heteroatoms. The molecule has 82 valence electrons. The maximum Gasteiger partial charge on any atom is 0.159 e. The van der Waals surface area contributed by atoms with Gasteiger partial charge in [-0.25, -0.2) is 0 Å². The molecular weight excluding hydrogens is 180 g/mol. The SMILES string of the molecule is CCCC(=O)/C=C(\O)C(C)OC(C)C. The van der Waals surface area contributed by atoms with Gasteiger partial charge in [0, 0.05) is 12.5 Å².